The van der Waals surface area contributed by atoms with E-state index >= 15 is 4.39 Å². The predicted octanol–water partition coefficient (Wildman–Crippen LogP) is 5.70. The molecule has 2 aliphatic rings. The van der Waals surface area contributed by atoms with Gasteiger partial charge in [-0.2, -0.15) is 11.4 Å². The molecule has 1 aliphatic heterocycles. The summed E-state index contributed by atoms with van der Waals surface area (Å²) in [4.78, 5) is 44.4. The van der Waals surface area contributed by atoms with Gasteiger partial charge in [0.1, 0.15) is 16.5 Å². The number of piperidine rings is 1. The number of halogens is 2. The summed E-state index contributed by atoms with van der Waals surface area (Å²) in [5.74, 6) is 1.12. The van der Waals surface area contributed by atoms with Gasteiger partial charge in [-0.05, 0) is 107 Å². The third-order valence-corrected chi connectivity index (χ3v) is 10.9. The normalized spacial score (nSPS) is 23.4. The molecule has 54 heavy (non-hydrogen) atoms. The van der Waals surface area contributed by atoms with Gasteiger partial charge in [0, 0.05) is 37.0 Å². The number of carbonyl (C=O) groups excluding carboxylic acids is 3. The molecule has 11 heteroatoms. The van der Waals surface area contributed by atoms with Crippen LogP contribution >= 0.6 is 11.6 Å². The SMILES string of the molecule is O=[C-]c1ccccc1[C-]=O.[CH2-]C[C@H]1CN(c2ncc(Cl)c(Nc3ccc4c(c3)CCC(CCC(C)(C)O)CC(=O)C(C)CC4)n2)C[C@@H](C)C1(F)/C=C/C.[Li+]. The molecule has 8 nitrogen and oxygen atoms in total. The van der Waals surface area contributed by atoms with Crippen molar-refractivity contribution in [2.24, 2.45) is 23.7 Å². The Balaban J connectivity index is 0.000000617. The first-order valence-electron chi connectivity index (χ1n) is 18.6. The number of aryl methyl sites for hydroxylation is 2. The number of carbonyl (C=O) groups is 1. The third-order valence-electron chi connectivity index (χ3n) is 10.6. The number of aliphatic hydroxyl groups is 1. The van der Waals surface area contributed by atoms with Crippen LogP contribution in [0.4, 0.5) is 21.8 Å². The van der Waals surface area contributed by atoms with E-state index in [2.05, 4.69) is 29.4 Å². The summed E-state index contributed by atoms with van der Waals surface area (Å²) in [5.41, 5.74) is 1.79. The second-order valence-electron chi connectivity index (χ2n) is 15.2. The number of hydrogen-bond acceptors (Lipinski definition) is 8. The van der Waals surface area contributed by atoms with Crippen molar-refractivity contribution in [2.45, 2.75) is 97.3 Å². The molecule has 2 N–H and O–H groups in total. The fourth-order valence-electron chi connectivity index (χ4n) is 7.25. The van der Waals surface area contributed by atoms with Crippen LogP contribution in [-0.4, -0.2) is 57.8 Å². The summed E-state index contributed by atoms with van der Waals surface area (Å²) >= 11 is 6.57. The monoisotopic (exact) mass is 750 g/mol. The van der Waals surface area contributed by atoms with Gasteiger partial charge in [-0.3, -0.25) is 15.9 Å². The van der Waals surface area contributed by atoms with Crippen LogP contribution in [0.2, 0.25) is 5.02 Å². The summed E-state index contributed by atoms with van der Waals surface area (Å²) in [6.07, 6.45) is 14.3. The number of aromatic nitrogens is 2. The molecule has 2 heterocycles. The Morgan fingerprint density at radius 2 is 1.76 bits per heavy atom. The molecule has 3 unspecified atom stereocenters. The van der Waals surface area contributed by atoms with Crippen LogP contribution in [0.15, 0.2) is 60.8 Å². The number of anilines is 3. The standard InChI is InChI=1S/C35H49ClFN4O2.C8H4O2.Li/c1-7-16-35(37)24(4)21-41(22-28(35)8-2)33-38-20-30(36)32(40-33)39-29-14-13-26-11-9-23(3)31(42)18-25(10-12-27(26)19-29)15-17-34(5,6)43;9-5-7-3-1-2-4-8(7)6-10;/h7,13-14,16,19-20,23-25,28,43H,2,8-12,15,17-18,21-22H2,1,3-6H3,(H,38,39,40);1-4H;/q-1;-2;+1/b16-7+;;/t23?,24-,25?,28+,35?;;/m1../s1. The van der Waals surface area contributed by atoms with E-state index in [1.54, 1.807) is 43.1 Å². The number of allylic oxidation sites excluding steroid dienone is 2. The van der Waals surface area contributed by atoms with E-state index in [0.29, 0.717) is 54.9 Å². The number of nitrogens with zero attached hydrogens (tertiary/aromatic N) is 3. The smallest absolute Gasteiger partial charge is 0.391 e. The van der Waals surface area contributed by atoms with E-state index in [1.807, 2.05) is 45.6 Å². The van der Waals surface area contributed by atoms with E-state index in [1.165, 1.54) is 23.3 Å². The maximum Gasteiger partial charge on any atom is 1.00 e. The van der Waals surface area contributed by atoms with E-state index in [0.717, 1.165) is 37.8 Å². The Hall–Kier alpha value is -3.35. The van der Waals surface area contributed by atoms with Gasteiger partial charge in [-0.1, -0.05) is 43.7 Å². The number of hydrogen-bond donors (Lipinski definition) is 2. The molecular formula is C43H53ClFLiN4O4-2. The van der Waals surface area contributed by atoms with Crippen LogP contribution in [-0.2, 0) is 27.2 Å². The molecule has 5 atom stereocenters. The fraction of sp³-hybridized carbons (Fsp3) is 0.488. The molecule has 0 saturated carbocycles. The molecule has 3 aromatic rings. The van der Waals surface area contributed by atoms with Crippen LogP contribution in [0.5, 0.6) is 0 Å². The zero-order valence-electron chi connectivity index (χ0n) is 32.6. The summed E-state index contributed by atoms with van der Waals surface area (Å²) < 4.78 is 15.9. The minimum absolute atomic E-state index is 0. The van der Waals surface area contributed by atoms with Crippen molar-refractivity contribution in [1.29, 1.82) is 0 Å². The van der Waals surface area contributed by atoms with Crippen molar-refractivity contribution in [3.63, 3.8) is 0 Å². The Kier molecular flexibility index (Phi) is 17.1. The number of nitrogens with one attached hydrogen (secondary N) is 1. The minimum Gasteiger partial charge on any atom is -0.391 e. The van der Waals surface area contributed by atoms with Crippen molar-refractivity contribution in [2.75, 3.05) is 23.3 Å². The molecule has 5 rings (SSSR count). The molecule has 1 aromatic heterocycles. The Morgan fingerprint density at radius 1 is 1.09 bits per heavy atom. The van der Waals surface area contributed by atoms with Crippen LogP contribution < -0.4 is 29.1 Å². The molecular weight excluding hydrogens is 698 g/mol. The average molecular weight is 751 g/mol. The topological polar surface area (TPSA) is 112 Å². The average Bonchev–Trinajstić information content (AvgIpc) is 3.13. The van der Waals surface area contributed by atoms with Gasteiger partial charge >= 0.3 is 18.9 Å². The third kappa shape index (κ3) is 12.1. The van der Waals surface area contributed by atoms with Crippen molar-refractivity contribution in [1.82, 2.24) is 9.97 Å². The first-order chi connectivity index (χ1) is 25.2. The summed E-state index contributed by atoms with van der Waals surface area (Å²) in [5, 5.41) is 14.1. The predicted molar refractivity (Wildman–Crippen MR) is 211 cm³/mol. The van der Waals surface area contributed by atoms with Crippen LogP contribution in [0, 0.1) is 30.6 Å². The molecule has 286 valence electrons. The van der Waals surface area contributed by atoms with Gasteiger partial charge in [-0.15, -0.1) is 12.1 Å². The van der Waals surface area contributed by atoms with E-state index in [9.17, 15) is 19.5 Å². The molecule has 2 aromatic carbocycles. The van der Waals surface area contributed by atoms with Crippen molar-refractivity contribution >= 4 is 47.4 Å². The molecule has 0 amide bonds. The van der Waals surface area contributed by atoms with Crippen LogP contribution in [0.1, 0.15) is 95.4 Å². The Labute approximate surface area is 337 Å². The number of Topliss-reactive ketones (excluding diaryl/α,β-unsaturated/α-hetero) is 1. The summed E-state index contributed by atoms with van der Waals surface area (Å²) in [6.45, 7) is 14.5. The van der Waals surface area contributed by atoms with E-state index < -0.39 is 11.3 Å². The van der Waals surface area contributed by atoms with Gasteiger partial charge in [0.25, 0.3) is 0 Å². The van der Waals surface area contributed by atoms with Gasteiger partial charge in [0.2, 0.25) is 5.95 Å². The second-order valence-corrected chi connectivity index (χ2v) is 15.6. The molecule has 1 aliphatic carbocycles. The second kappa shape index (κ2) is 20.5. The molecule has 0 bridgehead atoms. The largest absolute Gasteiger partial charge is 1.00 e. The number of alkyl halides is 1. The van der Waals surface area contributed by atoms with Gasteiger partial charge < -0.3 is 31.8 Å². The molecule has 1 fully saturated rings. The molecule has 1 saturated heterocycles. The quantitative estimate of drug-likeness (QED) is 0.154. The number of benzene rings is 2. The first kappa shape index (κ1) is 45.0. The van der Waals surface area contributed by atoms with E-state index in [4.69, 9.17) is 16.6 Å². The Bertz CT molecular complexity index is 1720. The zero-order valence-corrected chi connectivity index (χ0v) is 33.4. The number of fused-ring (bicyclic) bond motifs is 1. The van der Waals surface area contributed by atoms with Crippen molar-refractivity contribution < 1.29 is 42.7 Å². The van der Waals surface area contributed by atoms with Crippen molar-refractivity contribution in [3.05, 3.63) is 95.0 Å². The maximum atomic E-state index is 15.9. The fourth-order valence-corrected chi connectivity index (χ4v) is 7.38. The zero-order chi connectivity index (χ0) is 38.8. The van der Waals surface area contributed by atoms with E-state index in [-0.39, 0.29) is 53.7 Å². The van der Waals surface area contributed by atoms with Gasteiger partial charge in [0.05, 0.1) is 11.8 Å². The van der Waals surface area contributed by atoms with Gasteiger partial charge in [0.15, 0.2) is 5.82 Å². The summed E-state index contributed by atoms with van der Waals surface area (Å²) in [6, 6.07) is 12.7. The number of rotatable bonds is 10. The first-order valence-corrected chi connectivity index (χ1v) is 19.0. The van der Waals surface area contributed by atoms with Crippen LogP contribution in [0.25, 0.3) is 0 Å². The minimum atomic E-state index is -1.41. The Morgan fingerprint density at radius 3 is 2.37 bits per heavy atom. The molecule has 0 spiro atoms. The molecule has 0 radical (unpaired) electrons. The van der Waals surface area contributed by atoms with Gasteiger partial charge in [-0.25, -0.2) is 21.5 Å². The number of ketones is 1. The van der Waals surface area contributed by atoms with Crippen LogP contribution in [0.3, 0.4) is 0 Å². The summed E-state index contributed by atoms with van der Waals surface area (Å²) in [7, 11) is 0. The van der Waals surface area contributed by atoms with Crippen molar-refractivity contribution in [3.8, 4) is 0 Å². The maximum absolute atomic E-state index is 15.9.